The van der Waals surface area contributed by atoms with Crippen LogP contribution in [0.3, 0.4) is 0 Å². The van der Waals surface area contributed by atoms with E-state index in [1.165, 1.54) is 5.56 Å². The monoisotopic (exact) mass is 441 g/mol. The maximum absolute atomic E-state index is 5.90. The lowest BCUT2D eigenvalue weighted by atomic mass is 10.2. The van der Waals surface area contributed by atoms with Crippen LogP contribution in [0.25, 0.3) is 0 Å². The van der Waals surface area contributed by atoms with E-state index in [0.717, 1.165) is 42.9 Å². The smallest absolute Gasteiger partial charge is 0.188 e. The fraction of sp³-hybridized carbons (Fsp3) is 0.444. The highest BCUT2D eigenvalue weighted by Gasteiger charge is 2.11. The van der Waals surface area contributed by atoms with E-state index in [-0.39, 0.29) is 24.0 Å². The van der Waals surface area contributed by atoms with Crippen molar-refractivity contribution in [2.75, 3.05) is 6.54 Å². The second-order valence-corrected chi connectivity index (χ2v) is 5.77. The zero-order valence-electron chi connectivity index (χ0n) is 14.7. The van der Waals surface area contributed by atoms with Crippen LogP contribution in [0.1, 0.15) is 42.3 Å². The van der Waals surface area contributed by atoms with Gasteiger partial charge in [-0.05, 0) is 25.8 Å². The molecule has 0 saturated carbocycles. The summed E-state index contributed by atoms with van der Waals surface area (Å²) in [5.41, 5.74) is 10.5. The quantitative estimate of drug-likeness (QED) is 0.300. The first kappa shape index (κ1) is 20.5. The molecular formula is C18H28IN5. The van der Waals surface area contributed by atoms with Crippen molar-refractivity contribution < 1.29 is 0 Å². The Morgan fingerprint density at radius 2 is 1.96 bits per heavy atom. The van der Waals surface area contributed by atoms with E-state index in [0.29, 0.717) is 12.5 Å². The first-order chi connectivity index (χ1) is 11.1. The molecule has 3 N–H and O–H groups in total. The van der Waals surface area contributed by atoms with Gasteiger partial charge in [-0.1, -0.05) is 43.7 Å². The lowest BCUT2D eigenvalue weighted by Gasteiger charge is -2.06. The Hall–Kier alpha value is -1.57. The van der Waals surface area contributed by atoms with E-state index in [4.69, 9.17) is 5.73 Å². The van der Waals surface area contributed by atoms with Crippen LogP contribution in [0.2, 0.25) is 0 Å². The van der Waals surface area contributed by atoms with Crippen LogP contribution in [0.4, 0.5) is 0 Å². The Bertz CT molecular complexity index is 649. The third-order valence-electron chi connectivity index (χ3n) is 3.95. The number of nitrogens with zero attached hydrogens (tertiary/aromatic N) is 3. The van der Waals surface area contributed by atoms with E-state index >= 15 is 0 Å². The van der Waals surface area contributed by atoms with E-state index in [1.54, 1.807) is 0 Å². The molecule has 132 valence electrons. The van der Waals surface area contributed by atoms with Crippen molar-refractivity contribution in [2.45, 2.75) is 46.7 Å². The highest BCUT2D eigenvalue weighted by Crippen LogP contribution is 2.15. The third-order valence-corrected chi connectivity index (χ3v) is 3.95. The lowest BCUT2D eigenvalue weighted by molar-refractivity contribution is 0.658. The molecule has 6 heteroatoms. The molecule has 0 radical (unpaired) electrons. The van der Waals surface area contributed by atoms with Crippen LogP contribution in [0.15, 0.2) is 35.3 Å². The van der Waals surface area contributed by atoms with Gasteiger partial charge in [0, 0.05) is 17.8 Å². The molecular weight excluding hydrogens is 413 g/mol. The number of aromatic nitrogens is 2. The first-order valence-corrected chi connectivity index (χ1v) is 8.22. The number of halogens is 1. The molecule has 24 heavy (non-hydrogen) atoms. The SMILES string of the molecule is CCCCNC(N)=NCc1c(C)nn(Cc2ccccc2)c1C.I. The molecule has 1 heterocycles. The van der Waals surface area contributed by atoms with E-state index < -0.39 is 0 Å². The normalized spacial score (nSPS) is 11.2. The number of nitrogens with two attached hydrogens (primary N) is 1. The molecule has 0 amide bonds. The molecule has 0 atom stereocenters. The fourth-order valence-corrected chi connectivity index (χ4v) is 2.49. The summed E-state index contributed by atoms with van der Waals surface area (Å²) in [4.78, 5) is 4.44. The van der Waals surface area contributed by atoms with Crippen molar-refractivity contribution in [3.05, 3.63) is 52.8 Å². The second-order valence-electron chi connectivity index (χ2n) is 5.77. The standard InChI is InChI=1S/C18H27N5.HI/c1-4-5-11-20-18(19)21-12-17-14(2)22-23(15(17)3)13-16-9-7-6-8-10-16;/h6-10H,4-5,11-13H2,1-3H3,(H3,19,20,21);1H. The Balaban J connectivity index is 0.00000288. The number of aryl methyl sites for hydroxylation is 1. The molecule has 0 saturated heterocycles. The molecule has 0 aliphatic rings. The summed E-state index contributed by atoms with van der Waals surface area (Å²) in [5.74, 6) is 0.507. The Labute approximate surface area is 161 Å². The molecule has 0 fully saturated rings. The van der Waals surface area contributed by atoms with E-state index in [9.17, 15) is 0 Å². The van der Waals surface area contributed by atoms with E-state index in [2.05, 4.69) is 53.5 Å². The molecule has 0 bridgehead atoms. The predicted octanol–water partition coefficient (Wildman–Crippen LogP) is 3.37. The number of nitrogens with one attached hydrogen (secondary N) is 1. The van der Waals surface area contributed by atoms with Gasteiger partial charge in [0.25, 0.3) is 0 Å². The van der Waals surface area contributed by atoms with Gasteiger partial charge < -0.3 is 11.1 Å². The zero-order chi connectivity index (χ0) is 16.7. The highest BCUT2D eigenvalue weighted by atomic mass is 127. The van der Waals surface area contributed by atoms with Gasteiger partial charge in [0.05, 0.1) is 18.8 Å². The molecule has 0 aliphatic carbocycles. The van der Waals surface area contributed by atoms with Gasteiger partial charge in [-0.25, -0.2) is 4.99 Å². The van der Waals surface area contributed by atoms with Crippen LogP contribution < -0.4 is 11.1 Å². The summed E-state index contributed by atoms with van der Waals surface area (Å²) < 4.78 is 2.04. The average molecular weight is 441 g/mol. The molecule has 2 rings (SSSR count). The molecule has 1 aromatic carbocycles. The van der Waals surface area contributed by atoms with Gasteiger partial charge in [-0.2, -0.15) is 5.10 Å². The minimum atomic E-state index is 0. The average Bonchev–Trinajstić information content (AvgIpc) is 2.80. The second kappa shape index (κ2) is 10.3. The maximum Gasteiger partial charge on any atom is 0.188 e. The predicted molar refractivity (Wildman–Crippen MR) is 111 cm³/mol. The van der Waals surface area contributed by atoms with Gasteiger partial charge >= 0.3 is 0 Å². The van der Waals surface area contributed by atoms with Gasteiger partial charge in [-0.15, -0.1) is 24.0 Å². The highest BCUT2D eigenvalue weighted by molar-refractivity contribution is 14.0. The molecule has 1 aromatic heterocycles. The number of benzene rings is 1. The van der Waals surface area contributed by atoms with Crippen LogP contribution in [0, 0.1) is 13.8 Å². The first-order valence-electron chi connectivity index (χ1n) is 8.22. The van der Waals surface area contributed by atoms with Gasteiger partial charge in [0.2, 0.25) is 0 Å². The third kappa shape index (κ3) is 5.81. The van der Waals surface area contributed by atoms with Gasteiger partial charge in [0.15, 0.2) is 5.96 Å². The minimum absolute atomic E-state index is 0. The molecule has 0 spiro atoms. The van der Waals surface area contributed by atoms with Crippen molar-refractivity contribution in [1.29, 1.82) is 0 Å². The summed E-state index contributed by atoms with van der Waals surface area (Å²) in [6, 6.07) is 10.4. The Kier molecular flexibility index (Phi) is 8.81. The number of hydrogen-bond donors (Lipinski definition) is 2. The van der Waals surface area contributed by atoms with Crippen LogP contribution in [-0.2, 0) is 13.1 Å². The Morgan fingerprint density at radius 3 is 2.62 bits per heavy atom. The summed E-state index contributed by atoms with van der Waals surface area (Å²) in [6.07, 6.45) is 2.24. The van der Waals surface area contributed by atoms with Gasteiger partial charge in [0.1, 0.15) is 0 Å². The summed E-state index contributed by atoms with van der Waals surface area (Å²) in [6.45, 7) is 8.49. The van der Waals surface area contributed by atoms with Crippen molar-refractivity contribution >= 4 is 29.9 Å². The van der Waals surface area contributed by atoms with Crippen molar-refractivity contribution in [3.63, 3.8) is 0 Å². The van der Waals surface area contributed by atoms with Crippen molar-refractivity contribution in [3.8, 4) is 0 Å². The van der Waals surface area contributed by atoms with Crippen LogP contribution >= 0.6 is 24.0 Å². The fourth-order valence-electron chi connectivity index (χ4n) is 2.49. The van der Waals surface area contributed by atoms with E-state index in [1.807, 2.05) is 17.7 Å². The Morgan fingerprint density at radius 1 is 1.25 bits per heavy atom. The number of rotatable bonds is 7. The summed E-state index contributed by atoms with van der Waals surface area (Å²) >= 11 is 0. The van der Waals surface area contributed by atoms with Crippen molar-refractivity contribution in [2.24, 2.45) is 10.7 Å². The number of hydrogen-bond acceptors (Lipinski definition) is 2. The number of guanidine groups is 1. The largest absolute Gasteiger partial charge is 0.370 e. The maximum atomic E-state index is 5.90. The molecule has 2 aromatic rings. The van der Waals surface area contributed by atoms with Gasteiger partial charge in [-0.3, -0.25) is 4.68 Å². The van der Waals surface area contributed by atoms with Crippen LogP contribution in [-0.4, -0.2) is 22.3 Å². The molecule has 5 nitrogen and oxygen atoms in total. The summed E-state index contributed by atoms with van der Waals surface area (Å²) in [5, 5.41) is 7.78. The van der Waals surface area contributed by atoms with Crippen LogP contribution in [0.5, 0.6) is 0 Å². The molecule has 0 unspecified atom stereocenters. The zero-order valence-corrected chi connectivity index (χ0v) is 17.1. The molecule has 0 aliphatic heterocycles. The number of aliphatic imine (C=N–C) groups is 1. The topological polar surface area (TPSA) is 68.2 Å². The minimum Gasteiger partial charge on any atom is -0.370 e. The van der Waals surface area contributed by atoms with Crippen molar-refractivity contribution in [1.82, 2.24) is 15.1 Å². The summed E-state index contributed by atoms with van der Waals surface area (Å²) in [7, 11) is 0. The lowest BCUT2D eigenvalue weighted by Crippen LogP contribution is -2.32. The number of unbranched alkanes of at least 4 members (excludes halogenated alkanes) is 1.